The Kier molecular flexibility index (Phi) is 5.24. The molecule has 3 rings (SSSR count). The SMILES string of the molecule is COc1ccc(C(=O)NCc2ccc(S(=O)(=O)NC3CC3)cc2)cc1F. The third kappa shape index (κ3) is 4.39. The lowest BCUT2D eigenvalue weighted by molar-refractivity contribution is 0.0950. The summed E-state index contributed by atoms with van der Waals surface area (Å²) >= 11 is 0. The van der Waals surface area contributed by atoms with Crippen LogP contribution in [0.1, 0.15) is 28.8 Å². The summed E-state index contributed by atoms with van der Waals surface area (Å²) in [5.74, 6) is -0.977. The van der Waals surface area contributed by atoms with E-state index in [4.69, 9.17) is 4.74 Å². The molecule has 2 aromatic rings. The first-order valence-corrected chi connectivity index (χ1v) is 9.60. The standard InChI is InChI=1S/C18H19FN2O4S/c1-25-17-9-4-13(10-16(17)19)18(22)20-11-12-2-7-15(8-3-12)26(23,24)21-14-5-6-14/h2-4,7-10,14,21H,5-6,11H2,1H3,(H,20,22). The van der Waals surface area contributed by atoms with Crippen molar-refractivity contribution in [2.75, 3.05) is 7.11 Å². The molecule has 6 nitrogen and oxygen atoms in total. The monoisotopic (exact) mass is 378 g/mol. The van der Waals surface area contributed by atoms with Crippen molar-refractivity contribution >= 4 is 15.9 Å². The predicted molar refractivity (Wildman–Crippen MR) is 93.9 cm³/mol. The average Bonchev–Trinajstić information content (AvgIpc) is 3.43. The molecule has 2 N–H and O–H groups in total. The molecule has 1 fully saturated rings. The molecule has 1 aliphatic carbocycles. The normalized spacial score (nSPS) is 14.1. The lowest BCUT2D eigenvalue weighted by atomic mass is 10.2. The number of amides is 1. The third-order valence-corrected chi connectivity index (χ3v) is 5.54. The van der Waals surface area contributed by atoms with Crippen molar-refractivity contribution in [3.63, 3.8) is 0 Å². The van der Waals surface area contributed by atoms with E-state index in [1.807, 2.05) is 0 Å². The number of hydrogen-bond donors (Lipinski definition) is 2. The second kappa shape index (κ2) is 7.43. The maximum atomic E-state index is 13.7. The van der Waals surface area contributed by atoms with Gasteiger partial charge in [0, 0.05) is 18.2 Å². The van der Waals surface area contributed by atoms with Crippen molar-refractivity contribution in [2.45, 2.75) is 30.3 Å². The Balaban J connectivity index is 1.60. The van der Waals surface area contributed by atoms with Crippen LogP contribution in [0, 0.1) is 5.82 Å². The van der Waals surface area contributed by atoms with Gasteiger partial charge in [0.1, 0.15) is 0 Å². The number of hydrogen-bond acceptors (Lipinski definition) is 4. The van der Waals surface area contributed by atoms with Crippen LogP contribution in [0.2, 0.25) is 0 Å². The molecule has 1 saturated carbocycles. The number of carbonyl (C=O) groups is 1. The van der Waals surface area contributed by atoms with Crippen LogP contribution in [0.5, 0.6) is 5.75 Å². The Bertz CT molecular complexity index is 909. The number of sulfonamides is 1. The zero-order valence-corrected chi connectivity index (χ0v) is 15.0. The highest BCUT2D eigenvalue weighted by Gasteiger charge is 2.27. The number of rotatable bonds is 7. The Morgan fingerprint density at radius 1 is 1.19 bits per heavy atom. The minimum atomic E-state index is -3.49. The van der Waals surface area contributed by atoms with Gasteiger partial charge >= 0.3 is 0 Å². The van der Waals surface area contributed by atoms with Gasteiger partial charge in [0.2, 0.25) is 10.0 Å². The minimum Gasteiger partial charge on any atom is -0.494 e. The zero-order valence-electron chi connectivity index (χ0n) is 14.2. The van der Waals surface area contributed by atoms with Crippen molar-refractivity contribution < 1.29 is 22.3 Å². The van der Waals surface area contributed by atoms with Gasteiger partial charge in [-0.1, -0.05) is 12.1 Å². The van der Waals surface area contributed by atoms with E-state index in [9.17, 15) is 17.6 Å². The summed E-state index contributed by atoms with van der Waals surface area (Å²) in [5.41, 5.74) is 0.911. The molecule has 0 radical (unpaired) electrons. The fraction of sp³-hybridized carbons (Fsp3) is 0.278. The molecule has 0 aromatic heterocycles. The number of carbonyl (C=O) groups excluding carboxylic acids is 1. The third-order valence-electron chi connectivity index (χ3n) is 4.00. The maximum Gasteiger partial charge on any atom is 0.251 e. The van der Waals surface area contributed by atoms with Crippen LogP contribution in [0.4, 0.5) is 4.39 Å². The first kappa shape index (κ1) is 18.3. The number of ether oxygens (including phenoxy) is 1. The summed E-state index contributed by atoms with van der Waals surface area (Å²) < 4.78 is 45.3. The van der Waals surface area contributed by atoms with E-state index in [1.165, 1.54) is 31.4 Å². The zero-order chi connectivity index (χ0) is 18.7. The van der Waals surface area contributed by atoms with Gasteiger partial charge in [-0.25, -0.2) is 17.5 Å². The van der Waals surface area contributed by atoms with Gasteiger partial charge < -0.3 is 10.1 Å². The van der Waals surface area contributed by atoms with E-state index in [0.29, 0.717) is 0 Å². The average molecular weight is 378 g/mol. The number of benzene rings is 2. The van der Waals surface area contributed by atoms with Gasteiger partial charge in [-0.15, -0.1) is 0 Å². The van der Waals surface area contributed by atoms with Crippen molar-refractivity contribution in [2.24, 2.45) is 0 Å². The lowest BCUT2D eigenvalue weighted by Crippen LogP contribution is -2.26. The number of halogens is 1. The Hall–Kier alpha value is -2.45. The first-order chi connectivity index (χ1) is 12.4. The molecule has 1 amide bonds. The second-order valence-electron chi connectivity index (χ2n) is 6.07. The molecule has 0 saturated heterocycles. The number of methoxy groups -OCH3 is 1. The summed E-state index contributed by atoms with van der Waals surface area (Å²) in [5, 5.41) is 2.67. The molecule has 0 bridgehead atoms. The Morgan fingerprint density at radius 3 is 2.46 bits per heavy atom. The van der Waals surface area contributed by atoms with E-state index in [-0.39, 0.29) is 28.8 Å². The molecular weight excluding hydrogens is 359 g/mol. The summed E-state index contributed by atoms with van der Waals surface area (Å²) in [6, 6.07) is 10.3. The topological polar surface area (TPSA) is 84.5 Å². The summed E-state index contributed by atoms with van der Waals surface area (Å²) in [6.45, 7) is 0.197. The molecular formula is C18H19FN2O4S. The van der Waals surface area contributed by atoms with Crippen molar-refractivity contribution in [1.29, 1.82) is 0 Å². The van der Waals surface area contributed by atoms with Crippen molar-refractivity contribution in [3.8, 4) is 5.75 Å². The fourth-order valence-corrected chi connectivity index (χ4v) is 3.67. The Morgan fingerprint density at radius 2 is 1.88 bits per heavy atom. The quantitative estimate of drug-likeness (QED) is 0.774. The molecule has 0 atom stereocenters. The molecule has 1 aliphatic rings. The number of nitrogens with one attached hydrogen (secondary N) is 2. The molecule has 0 aliphatic heterocycles. The van der Waals surface area contributed by atoms with Crippen LogP contribution in [0.3, 0.4) is 0 Å². The van der Waals surface area contributed by atoms with E-state index < -0.39 is 21.7 Å². The lowest BCUT2D eigenvalue weighted by Gasteiger charge is -2.09. The van der Waals surface area contributed by atoms with Crippen LogP contribution >= 0.6 is 0 Å². The maximum absolute atomic E-state index is 13.7. The van der Waals surface area contributed by atoms with Crippen LogP contribution in [-0.4, -0.2) is 27.5 Å². The highest BCUT2D eigenvalue weighted by molar-refractivity contribution is 7.89. The van der Waals surface area contributed by atoms with Gasteiger partial charge in [-0.3, -0.25) is 4.79 Å². The van der Waals surface area contributed by atoms with Crippen LogP contribution in [0.15, 0.2) is 47.4 Å². The van der Waals surface area contributed by atoms with Crippen LogP contribution < -0.4 is 14.8 Å². The molecule has 26 heavy (non-hydrogen) atoms. The summed E-state index contributed by atoms with van der Waals surface area (Å²) in [7, 11) is -2.14. The molecule has 138 valence electrons. The molecule has 0 unspecified atom stereocenters. The predicted octanol–water partition coefficient (Wildman–Crippen LogP) is 2.21. The van der Waals surface area contributed by atoms with Gasteiger partial charge in [0.15, 0.2) is 11.6 Å². The highest BCUT2D eigenvalue weighted by atomic mass is 32.2. The van der Waals surface area contributed by atoms with Gasteiger partial charge in [0.05, 0.1) is 12.0 Å². The van der Waals surface area contributed by atoms with Crippen LogP contribution in [0.25, 0.3) is 0 Å². The molecule has 2 aromatic carbocycles. The van der Waals surface area contributed by atoms with E-state index in [2.05, 4.69) is 10.0 Å². The largest absolute Gasteiger partial charge is 0.494 e. The minimum absolute atomic E-state index is 0.0452. The summed E-state index contributed by atoms with van der Waals surface area (Å²) in [4.78, 5) is 12.3. The van der Waals surface area contributed by atoms with Gasteiger partial charge in [-0.05, 0) is 48.7 Å². The van der Waals surface area contributed by atoms with Gasteiger partial charge in [-0.2, -0.15) is 0 Å². The van der Waals surface area contributed by atoms with Crippen LogP contribution in [-0.2, 0) is 16.6 Å². The summed E-state index contributed by atoms with van der Waals surface area (Å²) in [6.07, 6.45) is 1.74. The van der Waals surface area contributed by atoms with E-state index in [0.717, 1.165) is 24.5 Å². The van der Waals surface area contributed by atoms with Gasteiger partial charge in [0.25, 0.3) is 5.91 Å². The highest BCUT2D eigenvalue weighted by Crippen LogP contribution is 2.22. The fourth-order valence-electron chi connectivity index (χ4n) is 2.37. The molecule has 0 heterocycles. The smallest absolute Gasteiger partial charge is 0.251 e. The Labute approximate surface area is 151 Å². The van der Waals surface area contributed by atoms with Crippen molar-refractivity contribution in [3.05, 3.63) is 59.4 Å². The van der Waals surface area contributed by atoms with E-state index >= 15 is 0 Å². The van der Waals surface area contributed by atoms with E-state index in [1.54, 1.807) is 12.1 Å². The second-order valence-corrected chi connectivity index (χ2v) is 7.79. The van der Waals surface area contributed by atoms with Crippen molar-refractivity contribution in [1.82, 2.24) is 10.0 Å². The molecule has 8 heteroatoms. The molecule has 0 spiro atoms. The first-order valence-electron chi connectivity index (χ1n) is 8.12.